The summed E-state index contributed by atoms with van der Waals surface area (Å²) in [7, 11) is -7.19. The van der Waals surface area contributed by atoms with E-state index in [1.165, 1.54) is 16.4 Å². The molecule has 1 fully saturated rings. The molecule has 0 unspecified atom stereocenters. The Morgan fingerprint density at radius 3 is 2.31 bits per heavy atom. The van der Waals surface area contributed by atoms with Crippen LogP contribution in [0.2, 0.25) is 0 Å². The molecule has 1 aliphatic rings. The molecule has 1 aliphatic heterocycles. The first-order chi connectivity index (χ1) is 16.6. The number of hydrogen-bond acceptors (Lipinski definition) is 7. The van der Waals surface area contributed by atoms with Crippen molar-refractivity contribution in [1.82, 2.24) is 9.62 Å². The van der Waals surface area contributed by atoms with Crippen LogP contribution in [-0.2, 0) is 24.8 Å². The van der Waals surface area contributed by atoms with Gasteiger partial charge in [-0.15, -0.1) is 0 Å². The van der Waals surface area contributed by atoms with E-state index in [0.29, 0.717) is 36.9 Å². The number of amides is 1. The molecule has 1 saturated heterocycles. The van der Waals surface area contributed by atoms with Crippen molar-refractivity contribution in [1.29, 1.82) is 0 Å². The Morgan fingerprint density at radius 1 is 1.00 bits per heavy atom. The molecular weight excluding hydrogens is 494 g/mol. The van der Waals surface area contributed by atoms with Crippen LogP contribution in [0.5, 0.6) is 11.5 Å². The predicted molar refractivity (Wildman–Crippen MR) is 133 cm³/mol. The van der Waals surface area contributed by atoms with E-state index in [4.69, 9.17) is 9.47 Å². The molecule has 0 bridgehead atoms. The van der Waals surface area contributed by atoms with Crippen molar-refractivity contribution in [3.8, 4) is 11.5 Å². The minimum atomic E-state index is -3.71. The second-order valence-electron chi connectivity index (χ2n) is 7.98. The third kappa shape index (κ3) is 7.33. The molecule has 0 atom stereocenters. The molecule has 192 valence electrons. The molecule has 1 N–H and O–H groups in total. The van der Waals surface area contributed by atoms with Crippen molar-refractivity contribution in [2.45, 2.75) is 24.7 Å². The number of ether oxygens (including phenoxy) is 2. The van der Waals surface area contributed by atoms with Crippen LogP contribution < -0.4 is 19.1 Å². The van der Waals surface area contributed by atoms with Crippen LogP contribution in [0.25, 0.3) is 0 Å². The molecule has 12 heteroatoms. The van der Waals surface area contributed by atoms with Crippen LogP contribution in [0.15, 0.2) is 53.4 Å². The maximum atomic E-state index is 12.6. The lowest BCUT2D eigenvalue weighted by Crippen LogP contribution is -2.41. The van der Waals surface area contributed by atoms with Crippen LogP contribution in [0.3, 0.4) is 0 Å². The molecule has 10 nitrogen and oxygen atoms in total. The summed E-state index contributed by atoms with van der Waals surface area (Å²) in [6.45, 7) is 3.20. The Bertz CT molecular complexity index is 1210. The van der Waals surface area contributed by atoms with E-state index < -0.39 is 32.5 Å². The smallest absolute Gasteiger partial charge is 0.243 e. The molecule has 0 aromatic heterocycles. The van der Waals surface area contributed by atoms with Gasteiger partial charge in [0.1, 0.15) is 24.7 Å². The highest BCUT2D eigenvalue weighted by molar-refractivity contribution is 7.92. The van der Waals surface area contributed by atoms with Gasteiger partial charge in [0.05, 0.1) is 30.0 Å². The van der Waals surface area contributed by atoms with E-state index in [2.05, 4.69) is 5.32 Å². The van der Waals surface area contributed by atoms with Crippen molar-refractivity contribution in [3.63, 3.8) is 0 Å². The fourth-order valence-electron chi connectivity index (χ4n) is 3.63. The lowest BCUT2D eigenvalue weighted by atomic mass is 10.3. The van der Waals surface area contributed by atoms with Crippen LogP contribution >= 0.6 is 0 Å². The van der Waals surface area contributed by atoms with Gasteiger partial charge in [0.2, 0.25) is 26.0 Å². The van der Waals surface area contributed by atoms with Crippen LogP contribution in [0, 0.1) is 0 Å². The lowest BCUT2D eigenvalue weighted by molar-refractivity contribution is -0.119. The van der Waals surface area contributed by atoms with Gasteiger partial charge >= 0.3 is 0 Å². The summed E-state index contributed by atoms with van der Waals surface area (Å²) in [5.41, 5.74) is 0.328. The fraction of sp³-hybridized carbons (Fsp3) is 0.435. The zero-order valence-electron chi connectivity index (χ0n) is 19.8. The minimum Gasteiger partial charge on any atom is -0.494 e. The molecule has 3 rings (SSSR count). The normalized spacial score (nSPS) is 14.5. The predicted octanol–water partition coefficient (Wildman–Crippen LogP) is 1.83. The summed E-state index contributed by atoms with van der Waals surface area (Å²) in [6.07, 6.45) is 2.77. The van der Waals surface area contributed by atoms with Gasteiger partial charge in [-0.1, -0.05) is 6.07 Å². The Hall–Kier alpha value is -2.83. The van der Waals surface area contributed by atoms with Crippen LogP contribution in [0.1, 0.15) is 19.8 Å². The number of benzene rings is 2. The van der Waals surface area contributed by atoms with Gasteiger partial charge in [-0.05, 0) is 56.2 Å². The summed E-state index contributed by atoms with van der Waals surface area (Å²) in [5, 5.41) is 2.63. The van der Waals surface area contributed by atoms with Crippen molar-refractivity contribution in [2.24, 2.45) is 0 Å². The monoisotopic (exact) mass is 525 g/mol. The third-order valence-electron chi connectivity index (χ3n) is 5.32. The van der Waals surface area contributed by atoms with Crippen molar-refractivity contribution in [3.05, 3.63) is 48.5 Å². The fourth-order valence-corrected chi connectivity index (χ4v) is 5.99. The number of rotatable bonds is 12. The van der Waals surface area contributed by atoms with E-state index in [9.17, 15) is 21.6 Å². The van der Waals surface area contributed by atoms with Gasteiger partial charge in [-0.25, -0.2) is 16.8 Å². The van der Waals surface area contributed by atoms with Gasteiger partial charge in [-0.3, -0.25) is 9.10 Å². The molecule has 0 radical (unpaired) electrons. The molecule has 1 amide bonds. The molecule has 0 saturated carbocycles. The second kappa shape index (κ2) is 11.7. The average molecular weight is 526 g/mol. The number of nitrogens with one attached hydrogen (secondary N) is 1. The molecule has 2 aromatic carbocycles. The van der Waals surface area contributed by atoms with E-state index in [1.807, 2.05) is 6.92 Å². The van der Waals surface area contributed by atoms with E-state index >= 15 is 0 Å². The Labute approximate surface area is 206 Å². The lowest BCUT2D eigenvalue weighted by Gasteiger charge is -2.22. The first-order valence-corrected chi connectivity index (χ1v) is 14.6. The first-order valence-electron chi connectivity index (χ1n) is 11.3. The highest BCUT2D eigenvalue weighted by atomic mass is 32.2. The maximum absolute atomic E-state index is 12.6. The summed E-state index contributed by atoms with van der Waals surface area (Å²) >= 11 is 0. The topological polar surface area (TPSA) is 122 Å². The zero-order valence-corrected chi connectivity index (χ0v) is 21.5. The van der Waals surface area contributed by atoms with E-state index in [0.717, 1.165) is 23.4 Å². The van der Waals surface area contributed by atoms with Gasteiger partial charge in [0.15, 0.2) is 0 Å². The Kier molecular flexibility index (Phi) is 8.98. The van der Waals surface area contributed by atoms with Gasteiger partial charge in [0.25, 0.3) is 0 Å². The Balaban J connectivity index is 1.51. The quantitative estimate of drug-likeness (QED) is 0.420. The molecule has 2 aromatic rings. The van der Waals surface area contributed by atoms with Gasteiger partial charge in [0, 0.05) is 19.2 Å². The molecule has 35 heavy (non-hydrogen) atoms. The minimum absolute atomic E-state index is 0.128. The molecule has 1 heterocycles. The standard InChI is InChI=1S/C23H31N3O7S2/c1-3-32-21-8-6-7-19(17-21)26(34(2,28)29)18-23(27)24-13-16-33-20-9-11-22(12-10-20)35(30,31)25-14-4-5-15-25/h6-12,17H,3-5,13-16,18H2,1-2H3,(H,24,27). The number of carbonyl (C=O) groups excluding carboxylic acids is 1. The first kappa shape index (κ1) is 26.8. The van der Waals surface area contributed by atoms with E-state index in [-0.39, 0.29) is 18.0 Å². The SMILES string of the molecule is CCOc1cccc(N(CC(=O)NCCOc2ccc(S(=O)(=O)N3CCCC3)cc2)S(C)(=O)=O)c1. The highest BCUT2D eigenvalue weighted by Crippen LogP contribution is 2.24. The maximum Gasteiger partial charge on any atom is 0.243 e. The number of sulfonamides is 2. The van der Waals surface area contributed by atoms with Crippen molar-refractivity contribution in [2.75, 3.05) is 50.0 Å². The van der Waals surface area contributed by atoms with Gasteiger partial charge in [-0.2, -0.15) is 4.31 Å². The van der Waals surface area contributed by atoms with Gasteiger partial charge < -0.3 is 14.8 Å². The summed E-state index contributed by atoms with van der Waals surface area (Å²) in [5.74, 6) is 0.477. The summed E-state index contributed by atoms with van der Waals surface area (Å²) < 4.78 is 63.2. The average Bonchev–Trinajstić information content (AvgIpc) is 3.36. The van der Waals surface area contributed by atoms with E-state index in [1.54, 1.807) is 36.4 Å². The Morgan fingerprint density at radius 2 is 1.69 bits per heavy atom. The summed E-state index contributed by atoms with van der Waals surface area (Å²) in [6, 6.07) is 12.7. The molecule has 0 aliphatic carbocycles. The zero-order chi connectivity index (χ0) is 25.5. The van der Waals surface area contributed by atoms with Crippen LogP contribution in [-0.4, -0.2) is 72.7 Å². The van der Waals surface area contributed by atoms with Crippen molar-refractivity contribution < 1.29 is 31.1 Å². The highest BCUT2D eigenvalue weighted by Gasteiger charge is 2.27. The molecule has 0 spiro atoms. The third-order valence-corrected chi connectivity index (χ3v) is 8.38. The van der Waals surface area contributed by atoms with Crippen molar-refractivity contribution >= 4 is 31.6 Å². The number of anilines is 1. The largest absolute Gasteiger partial charge is 0.494 e. The summed E-state index contributed by atoms with van der Waals surface area (Å²) in [4.78, 5) is 12.6. The van der Waals surface area contributed by atoms with Crippen LogP contribution in [0.4, 0.5) is 5.69 Å². The number of nitrogens with zero attached hydrogens (tertiary/aromatic N) is 2. The molecular formula is C23H31N3O7S2. The number of hydrogen-bond donors (Lipinski definition) is 1. The second-order valence-corrected chi connectivity index (χ2v) is 11.8. The number of carbonyl (C=O) groups is 1.